The zero-order valence-corrected chi connectivity index (χ0v) is 16.5. The lowest BCUT2D eigenvalue weighted by atomic mass is 10.1. The van der Waals surface area contributed by atoms with Crippen molar-refractivity contribution in [1.29, 1.82) is 0 Å². The van der Waals surface area contributed by atoms with Crippen molar-refractivity contribution in [1.82, 2.24) is 4.57 Å². The first-order valence-corrected chi connectivity index (χ1v) is 9.48. The van der Waals surface area contributed by atoms with Crippen LogP contribution in [0.25, 0.3) is 16.5 Å². The maximum Gasteiger partial charge on any atom is 0.416 e. The normalized spacial score (nSPS) is 12.0. The zero-order chi connectivity index (χ0) is 22.2. The summed E-state index contributed by atoms with van der Waals surface area (Å²) in [6.45, 7) is 0. The summed E-state index contributed by atoms with van der Waals surface area (Å²) in [5.74, 6) is -0.529. The third kappa shape index (κ3) is 3.92. The van der Waals surface area contributed by atoms with Crippen LogP contribution in [0.15, 0.2) is 82.6 Å². The lowest BCUT2D eigenvalue weighted by Gasteiger charge is -2.15. The minimum absolute atomic E-state index is 0.115. The fourth-order valence-corrected chi connectivity index (χ4v) is 3.43. The Morgan fingerprint density at radius 3 is 2.32 bits per heavy atom. The van der Waals surface area contributed by atoms with Crippen molar-refractivity contribution in [2.45, 2.75) is 6.18 Å². The molecule has 0 aliphatic rings. The number of benzene rings is 3. The highest BCUT2D eigenvalue weighted by molar-refractivity contribution is 6.33. The molecular formula is C23H14ClF3N2O2. The van der Waals surface area contributed by atoms with Crippen molar-refractivity contribution < 1.29 is 18.3 Å². The van der Waals surface area contributed by atoms with Crippen molar-refractivity contribution >= 4 is 34.3 Å². The number of fused-ring (bicyclic) bond motifs is 1. The third-order valence-electron chi connectivity index (χ3n) is 4.72. The highest BCUT2D eigenvalue weighted by Gasteiger charge is 2.31. The molecule has 0 aliphatic heterocycles. The first kappa shape index (κ1) is 20.7. The Labute approximate surface area is 179 Å². The Bertz CT molecular complexity index is 1380. The minimum Gasteiger partial charge on any atom is -0.494 e. The number of alkyl halides is 3. The first-order valence-electron chi connectivity index (χ1n) is 9.10. The van der Waals surface area contributed by atoms with E-state index < -0.39 is 23.2 Å². The number of aliphatic imine (C=N–C) groups is 1. The molecule has 0 bridgehead atoms. The van der Waals surface area contributed by atoms with Gasteiger partial charge in [0.25, 0.3) is 5.56 Å². The fraction of sp³-hybridized carbons (Fsp3) is 0.0435. The highest BCUT2D eigenvalue weighted by atomic mass is 35.5. The van der Waals surface area contributed by atoms with Gasteiger partial charge in [0.1, 0.15) is 0 Å². The van der Waals surface area contributed by atoms with E-state index in [1.54, 1.807) is 42.5 Å². The molecule has 0 unspecified atom stereocenters. The molecule has 1 aromatic heterocycles. The van der Waals surface area contributed by atoms with E-state index in [2.05, 4.69) is 4.99 Å². The van der Waals surface area contributed by atoms with Gasteiger partial charge in [-0.1, -0.05) is 48.0 Å². The number of nitrogens with zero attached hydrogens (tertiary/aromatic N) is 2. The van der Waals surface area contributed by atoms with Crippen LogP contribution in [0.4, 0.5) is 18.9 Å². The number of aromatic hydroxyl groups is 1. The van der Waals surface area contributed by atoms with Crippen molar-refractivity contribution in [2.24, 2.45) is 4.99 Å². The molecule has 0 fully saturated rings. The Morgan fingerprint density at radius 1 is 0.935 bits per heavy atom. The molecule has 31 heavy (non-hydrogen) atoms. The van der Waals surface area contributed by atoms with Crippen molar-refractivity contribution in [2.75, 3.05) is 0 Å². The molecule has 0 aliphatic carbocycles. The summed E-state index contributed by atoms with van der Waals surface area (Å²) in [6.07, 6.45) is -3.26. The van der Waals surface area contributed by atoms with Gasteiger partial charge < -0.3 is 5.11 Å². The molecule has 0 amide bonds. The van der Waals surface area contributed by atoms with Crippen LogP contribution in [0.3, 0.4) is 0 Å². The Hall–Kier alpha value is -3.58. The lowest BCUT2D eigenvalue weighted by Crippen LogP contribution is -2.20. The second-order valence-corrected chi connectivity index (χ2v) is 7.09. The SMILES string of the molecule is O=c1c2ccccc2c(C=Nc2ccccc2Cl)c(O)n1-c1cccc(C(F)(F)F)c1. The molecule has 0 radical (unpaired) electrons. The predicted octanol–water partition coefficient (Wildman–Crippen LogP) is 6.12. The largest absolute Gasteiger partial charge is 0.494 e. The number of hydrogen-bond donors (Lipinski definition) is 1. The van der Waals surface area contributed by atoms with Gasteiger partial charge in [0.2, 0.25) is 5.88 Å². The standard InChI is InChI=1S/C23H14ClF3N2O2/c24-19-10-3-4-11-20(19)28-13-18-16-8-1-2-9-17(16)21(30)29(22(18)31)15-7-5-6-14(12-15)23(25,26)27/h1-13,31H. The highest BCUT2D eigenvalue weighted by Crippen LogP contribution is 2.32. The van der Waals surface area contributed by atoms with Gasteiger partial charge in [0, 0.05) is 17.0 Å². The molecule has 0 spiro atoms. The van der Waals surface area contributed by atoms with Crippen molar-refractivity contribution in [3.63, 3.8) is 0 Å². The van der Waals surface area contributed by atoms with Crippen LogP contribution in [-0.4, -0.2) is 15.9 Å². The Kier molecular flexibility index (Phi) is 5.29. The molecule has 4 aromatic rings. The number of rotatable bonds is 3. The van der Waals surface area contributed by atoms with Crippen LogP contribution in [-0.2, 0) is 6.18 Å². The topological polar surface area (TPSA) is 54.6 Å². The summed E-state index contributed by atoms with van der Waals surface area (Å²) in [5.41, 5.74) is -1.09. The van der Waals surface area contributed by atoms with Crippen LogP contribution in [0.2, 0.25) is 5.02 Å². The predicted molar refractivity (Wildman–Crippen MR) is 115 cm³/mol. The molecule has 0 saturated carbocycles. The summed E-state index contributed by atoms with van der Waals surface area (Å²) in [7, 11) is 0. The number of pyridine rings is 1. The Balaban J connectivity index is 1.99. The van der Waals surface area contributed by atoms with E-state index in [0.717, 1.165) is 16.7 Å². The van der Waals surface area contributed by atoms with E-state index in [9.17, 15) is 23.1 Å². The van der Waals surface area contributed by atoms with Crippen LogP contribution >= 0.6 is 11.6 Å². The van der Waals surface area contributed by atoms with Gasteiger partial charge in [-0.05, 0) is 36.4 Å². The van der Waals surface area contributed by atoms with E-state index in [1.165, 1.54) is 24.4 Å². The molecule has 156 valence electrons. The van der Waals surface area contributed by atoms with Gasteiger partial charge >= 0.3 is 6.18 Å². The van der Waals surface area contributed by atoms with Crippen LogP contribution in [0, 0.1) is 0 Å². The van der Waals surface area contributed by atoms with Crippen molar-refractivity contribution in [3.8, 4) is 11.6 Å². The molecule has 0 saturated heterocycles. The van der Waals surface area contributed by atoms with E-state index in [4.69, 9.17) is 11.6 Å². The summed E-state index contributed by atoms with van der Waals surface area (Å²) in [4.78, 5) is 17.3. The molecule has 0 atom stereocenters. The molecular weight excluding hydrogens is 429 g/mol. The summed E-state index contributed by atoms with van der Waals surface area (Å²) in [6, 6.07) is 17.5. The fourth-order valence-electron chi connectivity index (χ4n) is 3.24. The van der Waals surface area contributed by atoms with E-state index >= 15 is 0 Å². The number of halogens is 4. The van der Waals surface area contributed by atoms with Gasteiger partial charge in [-0.3, -0.25) is 9.79 Å². The maximum absolute atomic E-state index is 13.2. The molecule has 1 N–H and O–H groups in total. The van der Waals surface area contributed by atoms with E-state index in [1.807, 2.05) is 0 Å². The zero-order valence-electron chi connectivity index (χ0n) is 15.8. The quantitative estimate of drug-likeness (QED) is 0.389. The van der Waals surface area contributed by atoms with Crippen LogP contribution < -0.4 is 5.56 Å². The third-order valence-corrected chi connectivity index (χ3v) is 5.04. The van der Waals surface area contributed by atoms with Gasteiger partial charge in [-0.25, -0.2) is 4.57 Å². The van der Waals surface area contributed by atoms with Crippen LogP contribution in [0.1, 0.15) is 11.1 Å². The average molecular weight is 443 g/mol. The number of para-hydroxylation sites is 1. The molecule has 4 rings (SSSR count). The van der Waals surface area contributed by atoms with Crippen molar-refractivity contribution in [3.05, 3.63) is 99.3 Å². The minimum atomic E-state index is -4.60. The monoisotopic (exact) mass is 442 g/mol. The summed E-state index contributed by atoms with van der Waals surface area (Å²) in [5, 5.41) is 11.9. The van der Waals surface area contributed by atoms with Crippen LogP contribution in [0.5, 0.6) is 5.88 Å². The molecule has 3 aromatic carbocycles. The second kappa shape index (κ2) is 7.92. The van der Waals surface area contributed by atoms with Gasteiger partial charge in [0.05, 0.1) is 27.5 Å². The molecule has 8 heteroatoms. The maximum atomic E-state index is 13.2. The van der Waals surface area contributed by atoms with Gasteiger partial charge in [0.15, 0.2) is 0 Å². The van der Waals surface area contributed by atoms with Gasteiger partial charge in [-0.15, -0.1) is 0 Å². The van der Waals surface area contributed by atoms with E-state index in [0.29, 0.717) is 16.1 Å². The Morgan fingerprint density at radius 2 is 1.61 bits per heavy atom. The second-order valence-electron chi connectivity index (χ2n) is 6.68. The smallest absolute Gasteiger partial charge is 0.416 e. The van der Waals surface area contributed by atoms with E-state index in [-0.39, 0.29) is 16.6 Å². The number of aromatic nitrogens is 1. The first-order chi connectivity index (χ1) is 14.8. The molecule has 1 heterocycles. The molecule has 4 nitrogen and oxygen atoms in total. The summed E-state index contributed by atoms with van der Waals surface area (Å²) >= 11 is 6.12. The number of hydrogen-bond acceptors (Lipinski definition) is 3. The average Bonchev–Trinajstić information content (AvgIpc) is 2.74. The lowest BCUT2D eigenvalue weighted by molar-refractivity contribution is -0.137. The summed E-state index contributed by atoms with van der Waals surface area (Å²) < 4.78 is 40.4. The van der Waals surface area contributed by atoms with Gasteiger partial charge in [-0.2, -0.15) is 13.2 Å².